The number of amides is 2. The van der Waals surface area contributed by atoms with Gasteiger partial charge in [0.25, 0.3) is 10.0 Å². The molecule has 0 aromatic heterocycles. The van der Waals surface area contributed by atoms with Crippen molar-refractivity contribution >= 4 is 62.3 Å². The molecule has 0 saturated heterocycles. The van der Waals surface area contributed by atoms with E-state index in [9.17, 15) is 31.2 Å². The van der Waals surface area contributed by atoms with Crippen LogP contribution in [0.4, 0.5) is 18.9 Å². The third kappa shape index (κ3) is 9.11. The molecule has 1 aliphatic rings. The van der Waals surface area contributed by atoms with E-state index in [0.717, 1.165) is 43.4 Å². The number of rotatable bonds is 12. The van der Waals surface area contributed by atoms with E-state index in [0.29, 0.717) is 15.9 Å². The second-order valence-electron chi connectivity index (χ2n) is 12.0. The summed E-state index contributed by atoms with van der Waals surface area (Å²) in [5.74, 6) is -1.29. The average Bonchev–Trinajstić information content (AvgIpc) is 3.60. The fraction of sp³-hybridized carbons (Fsp3) is 0.278. The number of anilines is 1. The third-order valence-corrected chi connectivity index (χ3v) is 11.3. The van der Waals surface area contributed by atoms with Crippen LogP contribution in [0.2, 0.25) is 15.1 Å². The summed E-state index contributed by atoms with van der Waals surface area (Å²) < 4.78 is 70.8. The summed E-state index contributed by atoms with van der Waals surface area (Å²) in [6, 6.07) is 22.1. The maximum absolute atomic E-state index is 14.6. The zero-order chi connectivity index (χ0) is 36.1. The summed E-state index contributed by atoms with van der Waals surface area (Å²) in [5, 5.41) is 2.88. The minimum Gasteiger partial charge on any atom is -0.352 e. The third-order valence-electron chi connectivity index (χ3n) is 8.46. The molecule has 2 amide bonds. The first-order valence-corrected chi connectivity index (χ1v) is 18.3. The molecule has 1 fully saturated rings. The highest BCUT2D eigenvalue weighted by Gasteiger charge is 2.38. The van der Waals surface area contributed by atoms with Gasteiger partial charge in [-0.3, -0.25) is 13.9 Å². The number of halogens is 6. The monoisotopic (exact) mass is 765 g/mol. The number of hydrogen-bond acceptors (Lipinski definition) is 4. The van der Waals surface area contributed by atoms with Crippen LogP contribution in [0.5, 0.6) is 0 Å². The second-order valence-corrected chi connectivity index (χ2v) is 15.0. The second kappa shape index (κ2) is 16.1. The van der Waals surface area contributed by atoms with Crippen LogP contribution in [0.25, 0.3) is 0 Å². The van der Waals surface area contributed by atoms with Crippen molar-refractivity contribution < 1.29 is 31.2 Å². The van der Waals surface area contributed by atoms with Crippen molar-refractivity contribution in [3.05, 3.63) is 129 Å². The van der Waals surface area contributed by atoms with E-state index in [1.54, 1.807) is 36.4 Å². The predicted molar refractivity (Wildman–Crippen MR) is 189 cm³/mol. The van der Waals surface area contributed by atoms with E-state index in [1.165, 1.54) is 41.3 Å². The summed E-state index contributed by atoms with van der Waals surface area (Å²) in [6.45, 7) is -1.14. The summed E-state index contributed by atoms with van der Waals surface area (Å²) in [4.78, 5) is 29.7. The van der Waals surface area contributed by atoms with Crippen molar-refractivity contribution in [3.8, 4) is 0 Å². The van der Waals surface area contributed by atoms with Gasteiger partial charge in [0.05, 0.1) is 31.2 Å². The molecule has 0 bridgehead atoms. The van der Waals surface area contributed by atoms with E-state index in [-0.39, 0.29) is 33.9 Å². The Morgan fingerprint density at radius 2 is 1.42 bits per heavy atom. The normalized spacial score (nSPS) is 14.3. The van der Waals surface area contributed by atoms with E-state index in [2.05, 4.69) is 5.32 Å². The Balaban J connectivity index is 1.62. The molecule has 0 spiro atoms. The predicted octanol–water partition coefficient (Wildman–Crippen LogP) is 8.56. The number of sulfonamides is 1. The lowest BCUT2D eigenvalue weighted by Gasteiger charge is -2.34. The largest absolute Gasteiger partial charge is 0.417 e. The van der Waals surface area contributed by atoms with Gasteiger partial charge in [0, 0.05) is 19.0 Å². The molecular weight excluding hydrogens is 734 g/mol. The van der Waals surface area contributed by atoms with E-state index in [1.807, 2.05) is 6.07 Å². The van der Waals surface area contributed by atoms with Crippen LogP contribution in [0.15, 0.2) is 102 Å². The molecule has 7 nitrogen and oxygen atoms in total. The molecule has 4 aromatic carbocycles. The van der Waals surface area contributed by atoms with Crippen molar-refractivity contribution in [3.63, 3.8) is 0 Å². The van der Waals surface area contributed by atoms with Crippen LogP contribution in [0, 0.1) is 0 Å². The first-order chi connectivity index (χ1) is 23.7. The van der Waals surface area contributed by atoms with Crippen LogP contribution in [0.1, 0.15) is 42.4 Å². The molecule has 50 heavy (non-hydrogen) atoms. The molecule has 4 aromatic rings. The summed E-state index contributed by atoms with van der Waals surface area (Å²) in [6.07, 6.45) is -1.44. The zero-order valence-corrected chi connectivity index (χ0v) is 29.6. The first kappa shape index (κ1) is 37.5. The number of carbonyl (C=O) groups is 2. The molecule has 1 atom stereocenters. The average molecular weight is 767 g/mol. The van der Waals surface area contributed by atoms with E-state index < -0.39 is 56.9 Å². The highest BCUT2D eigenvalue weighted by Crippen LogP contribution is 2.38. The minimum atomic E-state index is -4.92. The van der Waals surface area contributed by atoms with Crippen LogP contribution in [-0.2, 0) is 38.8 Å². The quantitative estimate of drug-likeness (QED) is 0.157. The molecule has 1 saturated carbocycles. The molecule has 5 rings (SSSR count). The fourth-order valence-corrected chi connectivity index (χ4v) is 7.86. The Hall–Kier alpha value is -3.77. The lowest BCUT2D eigenvalue weighted by Crippen LogP contribution is -2.54. The molecule has 1 aliphatic carbocycles. The van der Waals surface area contributed by atoms with Crippen LogP contribution < -0.4 is 9.62 Å². The molecule has 14 heteroatoms. The lowest BCUT2D eigenvalue weighted by atomic mass is 10.0. The summed E-state index contributed by atoms with van der Waals surface area (Å²) in [7, 11) is -4.63. The number of alkyl halides is 3. The van der Waals surface area contributed by atoms with Crippen LogP contribution in [0.3, 0.4) is 0 Å². The van der Waals surface area contributed by atoms with E-state index >= 15 is 0 Å². The number of nitrogens with one attached hydrogen (secondary N) is 1. The van der Waals surface area contributed by atoms with E-state index in [4.69, 9.17) is 34.8 Å². The van der Waals surface area contributed by atoms with Crippen LogP contribution >= 0.6 is 34.8 Å². The van der Waals surface area contributed by atoms with Gasteiger partial charge in [-0.2, -0.15) is 13.2 Å². The van der Waals surface area contributed by atoms with Gasteiger partial charge in [-0.25, -0.2) is 8.42 Å². The Morgan fingerprint density at radius 3 is 2.04 bits per heavy atom. The number of benzene rings is 4. The Labute approximate surface area is 304 Å². The smallest absolute Gasteiger partial charge is 0.352 e. The summed E-state index contributed by atoms with van der Waals surface area (Å²) in [5.41, 5.74) is -0.499. The van der Waals surface area contributed by atoms with Gasteiger partial charge in [0.1, 0.15) is 12.6 Å². The van der Waals surface area contributed by atoms with Crippen molar-refractivity contribution in [2.45, 2.75) is 61.8 Å². The molecule has 0 radical (unpaired) electrons. The molecule has 264 valence electrons. The topological polar surface area (TPSA) is 86.8 Å². The molecular formula is C36H33Cl3F3N3O4S. The maximum Gasteiger partial charge on any atom is 0.417 e. The molecule has 0 unspecified atom stereocenters. The lowest BCUT2D eigenvalue weighted by molar-refractivity contribution is -0.140. The molecule has 1 N–H and O–H groups in total. The highest BCUT2D eigenvalue weighted by molar-refractivity contribution is 7.92. The van der Waals surface area contributed by atoms with Crippen molar-refractivity contribution in [2.75, 3.05) is 10.8 Å². The van der Waals surface area contributed by atoms with Gasteiger partial charge in [0.2, 0.25) is 11.8 Å². The van der Waals surface area contributed by atoms with Crippen molar-refractivity contribution in [2.24, 2.45) is 0 Å². The maximum atomic E-state index is 14.6. The van der Waals surface area contributed by atoms with Gasteiger partial charge in [-0.15, -0.1) is 0 Å². The zero-order valence-electron chi connectivity index (χ0n) is 26.5. The Bertz CT molecular complexity index is 1930. The van der Waals surface area contributed by atoms with Gasteiger partial charge in [0.15, 0.2) is 0 Å². The molecule has 0 aliphatic heterocycles. The fourth-order valence-electron chi connectivity index (χ4n) is 5.89. The van der Waals surface area contributed by atoms with Crippen molar-refractivity contribution in [1.29, 1.82) is 0 Å². The molecule has 0 heterocycles. The summed E-state index contributed by atoms with van der Waals surface area (Å²) >= 11 is 18.4. The Morgan fingerprint density at radius 1 is 0.800 bits per heavy atom. The Kier molecular flexibility index (Phi) is 12.0. The number of nitrogens with zero attached hydrogens (tertiary/aromatic N) is 2. The number of hydrogen-bond donors (Lipinski definition) is 1. The van der Waals surface area contributed by atoms with Crippen molar-refractivity contribution in [1.82, 2.24) is 10.2 Å². The standard InChI is InChI=1S/C36H33Cl3F3N3O4S/c37-30-18-16-27(21-29(30)36(40,41)42)45(50(48,49)28-13-5-2-6-14-28)23-34(46)44(22-25-15-17-31(38)32(39)19-25)33(20-24-9-3-1-4-10-24)35(47)43-26-11-7-8-12-26/h1-6,9-10,13-19,21,26,33H,7-8,11-12,20,22-23H2,(H,43,47)/t33-/m1/s1. The van der Waals surface area contributed by atoms with Gasteiger partial charge < -0.3 is 10.2 Å². The first-order valence-electron chi connectivity index (χ1n) is 15.8. The SMILES string of the molecule is O=C(NC1CCCC1)[C@@H](Cc1ccccc1)N(Cc1ccc(Cl)c(Cl)c1)C(=O)CN(c1ccc(Cl)c(C(F)(F)F)c1)S(=O)(=O)c1ccccc1. The highest BCUT2D eigenvalue weighted by atomic mass is 35.5. The van der Waals surface area contributed by atoms with Gasteiger partial charge >= 0.3 is 6.18 Å². The minimum absolute atomic E-state index is 0.0665. The number of carbonyl (C=O) groups excluding carboxylic acids is 2. The van der Waals surface area contributed by atoms with Gasteiger partial charge in [-0.05, 0) is 66.4 Å². The van der Waals surface area contributed by atoms with Crippen LogP contribution in [-0.4, -0.2) is 43.8 Å². The van der Waals surface area contributed by atoms with Gasteiger partial charge in [-0.1, -0.05) is 102 Å².